The molecule has 0 bridgehead atoms. The van der Waals surface area contributed by atoms with E-state index in [1.165, 1.54) is 18.4 Å². The van der Waals surface area contributed by atoms with E-state index in [-0.39, 0.29) is 5.41 Å². The molecule has 2 aliphatic heterocycles. The third-order valence-corrected chi connectivity index (χ3v) is 5.50. The predicted molar refractivity (Wildman–Crippen MR) is 87.0 cm³/mol. The van der Waals surface area contributed by atoms with Crippen molar-refractivity contribution in [1.82, 2.24) is 4.90 Å². The van der Waals surface area contributed by atoms with Crippen molar-refractivity contribution in [2.45, 2.75) is 24.9 Å². The van der Waals surface area contributed by atoms with Gasteiger partial charge in [0.15, 0.2) is 0 Å². The molecule has 2 aliphatic rings. The van der Waals surface area contributed by atoms with Crippen molar-refractivity contribution < 1.29 is 9.53 Å². The van der Waals surface area contributed by atoms with Crippen LogP contribution in [-0.2, 0) is 10.2 Å². The summed E-state index contributed by atoms with van der Waals surface area (Å²) in [6, 6.07) is 4.16. The Balaban J connectivity index is 2.06. The quantitative estimate of drug-likeness (QED) is 0.842. The standard InChI is InChI=1S/C15H20BrN3O2/c1-15-5-6-18(2)13(15)19(3)12-8-11(17-14(20)21-4)10(16)7-9(12)15/h7-8,13H,5-6H2,1-4H3,(H,17,20)/t13-,15+/m0/s1. The average molecular weight is 354 g/mol. The minimum Gasteiger partial charge on any atom is -0.453 e. The third-order valence-electron chi connectivity index (χ3n) is 4.84. The van der Waals surface area contributed by atoms with Gasteiger partial charge in [-0.1, -0.05) is 6.92 Å². The highest BCUT2D eigenvalue weighted by atomic mass is 79.9. The second kappa shape index (κ2) is 4.88. The SMILES string of the molecule is COC(=O)Nc1cc2c(cc1Br)[C@@]1(C)CCN(C)[C@H]1N2C. The van der Waals surface area contributed by atoms with Crippen LogP contribution in [0.3, 0.4) is 0 Å². The van der Waals surface area contributed by atoms with Crippen LogP contribution in [0.15, 0.2) is 16.6 Å². The van der Waals surface area contributed by atoms with E-state index in [2.05, 4.69) is 62.9 Å². The second-order valence-corrected chi connectivity index (χ2v) is 6.95. The molecule has 0 radical (unpaired) electrons. The van der Waals surface area contributed by atoms with Gasteiger partial charge in [-0.15, -0.1) is 0 Å². The number of rotatable bonds is 1. The maximum absolute atomic E-state index is 11.5. The lowest BCUT2D eigenvalue weighted by Gasteiger charge is -2.32. The molecule has 1 aromatic carbocycles. The number of fused-ring (bicyclic) bond motifs is 3. The summed E-state index contributed by atoms with van der Waals surface area (Å²) in [5.74, 6) is 0. The maximum atomic E-state index is 11.5. The summed E-state index contributed by atoms with van der Waals surface area (Å²) in [7, 11) is 5.65. The van der Waals surface area contributed by atoms with Crippen LogP contribution < -0.4 is 10.2 Å². The summed E-state index contributed by atoms with van der Waals surface area (Å²) < 4.78 is 5.56. The van der Waals surface area contributed by atoms with E-state index in [9.17, 15) is 4.79 Å². The first-order chi connectivity index (χ1) is 9.88. The van der Waals surface area contributed by atoms with Gasteiger partial charge in [0.1, 0.15) is 0 Å². The minimum absolute atomic E-state index is 0.130. The van der Waals surface area contributed by atoms with Gasteiger partial charge in [0.05, 0.1) is 19.0 Å². The van der Waals surface area contributed by atoms with Crippen LogP contribution in [-0.4, -0.2) is 44.9 Å². The molecule has 2 heterocycles. The minimum atomic E-state index is -0.458. The summed E-state index contributed by atoms with van der Waals surface area (Å²) in [6.45, 7) is 3.42. The zero-order valence-electron chi connectivity index (χ0n) is 12.7. The monoisotopic (exact) mass is 353 g/mol. The fraction of sp³-hybridized carbons (Fsp3) is 0.533. The zero-order chi connectivity index (χ0) is 15.4. The van der Waals surface area contributed by atoms with E-state index >= 15 is 0 Å². The molecule has 114 valence electrons. The number of hydrogen-bond acceptors (Lipinski definition) is 4. The molecular formula is C15H20BrN3O2. The summed E-state index contributed by atoms with van der Waals surface area (Å²) in [6.07, 6.45) is 1.05. The summed E-state index contributed by atoms with van der Waals surface area (Å²) in [4.78, 5) is 16.1. The van der Waals surface area contributed by atoms with Crippen molar-refractivity contribution in [3.63, 3.8) is 0 Å². The third kappa shape index (κ3) is 2.04. The number of benzene rings is 1. The Hall–Kier alpha value is -1.27. The van der Waals surface area contributed by atoms with Crippen LogP contribution in [0.2, 0.25) is 0 Å². The van der Waals surface area contributed by atoms with Crippen LogP contribution in [0, 0.1) is 0 Å². The number of carbonyl (C=O) groups is 1. The number of likely N-dealkylation sites (N-methyl/N-ethyl adjacent to an activating group) is 2. The largest absolute Gasteiger partial charge is 0.453 e. The Kier molecular flexibility index (Phi) is 3.41. The molecule has 1 saturated heterocycles. The molecule has 1 N–H and O–H groups in total. The molecule has 2 atom stereocenters. The summed E-state index contributed by atoms with van der Waals surface area (Å²) >= 11 is 3.56. The molecule has 3 rings (SSSR count). The van der Waals surface area contributed by atoms with Gasteiger partial charge in [-0.25, -0.2) is 4.79 Å². The van der Waals surface area contributed by atoms with Crippen LogP contribution in [0.5, 0.6) is 0 Å². The Bertz CT molecular complexity index is 607. The van der Waals surface area contributed by atoms with Crippen molar-refractivity contribution in [3.8, 4) is 0 Å². The Morgan fingerprint density at radius 2 is 2.19 bits per heavy atom. The van der Waals surface area contributed by atoms with Gasteiger partial charge in [-0.2, -0.15) is 0 Å². The van der Waals surface area contributed by atoms with Gasteiger partial charge in [0.25, 0.3) is 0 Å². The lowest BCUT2D eigenvalue weighted by Crippen LogP contribution is -2.45. The maximum Gasteiger partial charge on any atom is 0.411 e. The van der Waals surface area contributed by atoms with Gasteiger partial charge in [0.2, 0.25) is 0 Å². The van der Waals surface area contributed by atoms with E-state index in [0.717, 1.165) is 23.1 Å². The fourth-order valence-corrected chi connectivity index (χ4v) is 4.29. The molecule has 1 fully saturated rings. The number of ether oxygens (including phenoxy) is 1. The van der Waals surface area contributed by atoms with Crippen LogP contribution >= 0.6 is 15.9 Å². The highest BCUT2D eigenvalue weighted by molar-refractivity contribution is 9.10. The normalized spacial score (nSPS) is 27.5. The Morgan fingerprint density at radius 1 is 1.48 bits per heavy atom. The van der Waals surface area contributed by atoms with E-state index in [1.807, 2.05) is 6.07 Å². The highest BCUT2D eigenvalue weighted by Crippen LogP contribution is 2.52. The predicted octanol–water partition coefficient (Wildman–Crippen LogP) is 3.00. The van der Waals surface area contributed by atoms with Crippen molar-refractivity contribution >= 4 is 33.4 Å². The van der Waals surface area contributed by atoms with Gasteiger partial charge in [0, 0.05) is 29.2 Å². The van der Waals surface area contributed by atoms with Gasteiger partial charge < -0.3 is 9.64 Å². The van der Waals surface area contributed by atoms with Gasteiger partial charge in [-0.05, 0) is 47.1 Å². The average Bonchev–Trinajstić information content (AvgIpc) is 2.86. The molecule has 0 aliphatic carbocycles. The van der Waals surface area contributed by atoms with Crippen molar-refractivity contribution in [3.05, 3.63) is 22.2 Å². The van der Waals surface area contributed by atoms with E-state index in [0.29, 0.717) is 6.17 Å². The Labute approximate surface area is 133 Å². The lowest BCUT2D eigenvalue weighted by atomic mass is 9.81. The van der Waals surface area contributed by atoms with Crippen LogP contribution in [0.25, 0.3) is 0 Å². The molecule has 0 spiro atoms. The number of amides is 1. The molecule has 6 heteroatoms. The fourth-order valence-electron chi connectivity index (χ4n) is 3.84. The first kappa shape index (κ1) is 14.7. The molecular weight excluding hydrogens is 334 g/mol. The molecule has 0 unspecified atom stereocenters. The van der Waals surface area contributed by atoms with Crippen molar-refractivity contribution in [1.29, 1.82) is 0 Å². The summed E-state index contributed by atoms with van der Waals surface area (Å²) in [5, 5.41) is 2.75. The number of halogens is 1. The number of methoxy groups -OCH3 is 1. The van der Waals surface area contributed by atoms with Crippen molar-refractivity contribution in [2.24, 2.45) is 0 Å². The Morgan fingerprint density at radius 3 is 2.86 bits per heavy atom. The zero-order valence-corrected chi connectivity index (χ0v) is 14.3. The number of nitrogens with zero attached hydrogens (tertiary/aromatic N) is 2. The number of carbonyl (C=O) groups excluding carboxylic acids is 1. The number of likely N-dealkylation sites (tertiary alicyclic amines) is 1. The van der Waals surface area contributed by atoms with Crippen LogP contribution in [0.4, 0.5) is 16.2 Å². The summed E-state index contributed by atoms with van der Waals surface area (Å²) in [5.41, 5.74) is 3.37. The van der Waals surface area contributed by atoms with E-state index < -0.39 is 6.09 Å². The molecule has 21 heavy (non-hydrogen) atoms. The smallest absolute Gasteiger partial charge is 0.411 e. The topological polar surface area (TPSA) is 44.8 Å². The van der Waals surface area contributed by atoms with Crippen LogP contribution in [0.1, 0.15) is 18.9 Å². The first-order valence-electron chi connectivity index (χ1n) is 7.00. The number of nitrogens with one attached hydrogen (secondary N) is 1. The lowest BCUT2D eigenvalue weighted by molar-refractivity contribution is 0.187. The first-order valence-corrected chi connectivity index (χ1v) is 7.80. The van der Waals surface area contributed by atoms with E-state index in [1.54, 1.807) is 0 Å². The van der Waals surface area contributed by atoms with E-state index in [4.69, 9.17) is 0 Å². The molecule has 1 aromatic rings. The molecule has 0 saturated carbocycles. The van der Waals surface area contributed by atoms with Crippen molar-refractivity contribution in [2.75, 3.05) is 38.0 Å². The second-order valence-electron chi connectivity index (χ2n) is 6.10. The highest BCUT2D eigenvalue weighted by Gasteiger charge is 2.52. The molecule has 5 nitrogen and oxygen atoms in total. The van der Waals surface area contributed by atoms with Gasteiger partial charge in [-0.3, -0.25) is 10.2 Å². The van der Waals surface area contributed by atoms with Gasteiger partial charge >= 0.3 is 6.09 Å². The molecule has 1 amide bonds. The number of hydrogen-bond donors (Lipinski definition) is 1. The molecule has 0 aromatic heterocycles. The number of anilines is 2.